The van der Waals surface area contributed by atoms with Gasteiger partial charge in [-0.2, -0.15) is 0 Å². The van der Waals surface area contributed by atoms with Crippen LogP contribution in [0.15, 0.2) is 48.5 Å². The van der Waals surface area contributed by atoms with Crippen molar-refractivity contribution < 1.29 is 13.9 Å². The van der Waals surface area contributed by atoms with E-state index in [9.17, 15) is 9.36 Å². The van der Waals surface area contributed by atoms with E-state index in [2.05, 4.69) is 5.32 Å². The molecule has 20 heavy (non-hydrogen) atoms. The Bertz CT molecular complexity index is 730. The number of hydrogen-bond acceptors (Lipinski definition) is 3. The van der Waals surface area contributed by atoms with Gasteiger partial charge in [-0.25, -0.2) is 4.79 Å². The van der Waals surface area contributed by atoms with Crippen molar-refractivity contribution in [1.29, 1.82) is 0 Å². The molecule has 102 valence electrons. The lowest BCUT2D eigenvalue weighted by molar-refractivity contribution is 0.250. The molecule has 0 spiro atoms. The van der Waals surface area contributed by atoms with Crippen LogP contribution in [0.4, 0.5) is 4.79 Å². The Morgan fingerprint density at radius 2 is 1.75 bits per heavy atom. The summed E-state index contributed by atoms with van der Waals surface area (Å²) in [7, 11) is -3.20. The number of urea groups is 1. The zero-order valence-electron chi connectivity index (χ0n) is 10.6. The minimum absolute atomic E-state index is 0.117. The quantitative estimate of drug-likeness (QED) is 0.832. The number of para-hydroxylation sites is 1. The minimum atomic E-state index is -3.20. The molecule has 0 aromatic heterocycles. The molecule has 1 aliphatic heterocycles. The lowest BCUT2D eigenvalue weighted by atomic mass is 10.0. The molecule has 1 heterocycles. The molecule has 3 N–H and O–H groups in total. The highest BCUT2D eigenvalue weighted by Crippen LogP contribution is 2.53. The van der Waals surface area contributed by atoms with Crippen LogP contribution in [0, 0.1) is 0 Å². The van der Waals surface area contributed by atoms with E-state index in [1.54, 1.807) is 18.2 Å². The topological polar surface area (TPSA) is 81.4 Å². The molecule has 2 amide bonds. The van der Waals surface area contributed by atoms with Gasteiger partial charge in [-0.05, 0) is 17.7 Å². The number of carbonyl (C=O) groups is 1. The number of primary amides is 1. The van der Waals surface area contributed by atoms with Crippen molar-refractivity contribution in [3.05, 3.63) is 48.5 Å². The third kappa shape index (κ3) is 2.06. The first-order valence-corrected chi connectivity index (χ1v) is 7.92. The Balaban J connectivity index is 2.13. The monoisotopic (exact) mass is 288 g/mol. The smallest absolute Gasteiger partial charge is 0.312 e. The molecule has 0 fully saturated rings. The van der Waals surface area contributed by atoms with Gasteiger partial charge in [0, 0.05) is 5.56 Å². The van der Waals surface area contributed by atoms with Crippen molar-refractivity contribution in [2.75, 3.05) is 6.29 Å². The normalized spacial score (nSPS) is 19.4. The van der Waals surface area contributed by atoms with Gasteiger partial charge in [0.2, 0.25) is 0 Å². The average Bonchev–Trinajstić information content (AvgIpc) is 2.46. The van der Waals surface area contributed by atoms with Crippen LogP contribution in [0.25, 0.3) is 11.1 Å². The molecule has 2 aromatic rings. The van der Waals surface area contributed by atoms with Gasteiger partial charge in [-0.1, -0.05) is 36.4 Å². The predicted octanol–water partition coefficient (Wildman–Crippen LogP) is 2.28. The van der Waals surface area contributed by atoms with Gasteiger partial charge in [0.25, 0.3) is 7.37 Å². The molecule has 1 aliphatic rings. The van der Waals surface area contributed by atoms with Gasteiger partial charge in [-0.3, -0.25) is 4.57 Å². The largest absolute Gasteiger partial charge is 0.438 e. The summed E-state index contributed by atoms with van der Waals surface area (Å²) in [5, 5.41) is 2.98. The third-order valence-electron chi connectivity index (χ3n) is 3.16. The van der Waals surface area contributed by atoms with E-state index in [1.165, 1.54) is 0 Å². The molecule has 0 bridgehead atoms. The summed E-state index contributed by atoms with van der Waals surface area (Å²) in [6.45, 7) is 0. The van der Waals surface area contributed by atoms with Crippen LogP contribution in [0.2, 0.25) is 0 Å². The van der Waals surface area contributed by atoms with Gasteiger partial charge >= 0.3 is 6.03 Å². The second-order valence-electron chi connectivity index (χ2n) is 4.48. The fourth-order valence-corrected chi connectivity index (χ4v) is 4.32. The first-order chi connectivity index (χ1) is 9.60. The maximum atomic E-state index is 13.0. The fraction of sp³-hybridized carbons (Fsp3) is 0.0714. The van der Waals surface area contributed by atoms with E-state index < -0.39 is 13.4 Å². The van der Waals surface area contributed by atoms with Crippen LogP contribution < -0.4 is 20.9 Å². The molecule has 6 heteroatoms. The number of benzene rings is 2. The summed E-state index contributed by atoms with van der Waals surface area (Å²) in [6, 6.07) is 14.0. The molecular formula is C14H13N2O3P. The summed E-state index contributed by atoms with van der Waals surface area (Å²) in [4.78, 5) is 10.9. The van der Waals surface area contributed by atoms with Crippen LogP contribution in [-0.2, 0) is 4.57 Å². The standard InChI is InChI=1S/C14H13N2O3P/c15-14(17)16-9-20(18)13-8-4-2-6-11(13)10-5-1-3-7-12(10)19-20/h1-8H,9H2,(H3,15,16,17). The number of carbonyl (C=O) groups excluding carboxylic acids is 1. The predicted molar refractivity (Wildman–Crippen MR) is 77.3 cm³/mol. The van der Waals surface area contributed by atoms with Gasteiger partial charge in [0.15, 0.2) is 0 Å². The van der Waals surface area contributed by atoms with E-state index in [0.717, 1.165) is 11.1 Å². The van der Waals surface area contributed by atoms with E-state index in [4.69, 9.17) is 10.3 Å². The van der Waals surface area contributed by atoms with Crippen molar-refractivity contribution >= 4 is 18.7 Å². The molecule has 0 saturated heterocycles. The van der Waals surface area contributed by atoms with E-state index in [1.807, 2.05) is 30.3 Å². The van der Waals surface area contributed by atoms with Crippen LogP contribution >= 0.6 is 7.37 Å². The second kappa shape index (κ2) is 4.69. The molecule has 2 aromatic carbocycles. The van der Waals surface area contributed by atoms with Crippen molar-refractivity contribution in [1.82, 2.24) is 5.32 Å². The SMILES string of the molecule is NC(=O)NCP1(=O)Oc2ccccc2-c2ccccc21. The second-order valence-corrected chi connectivity index (χ2v) is 6.80. The summed E-state index contributed by atoms with van der Waals surface area (Å²) in [5.41, 5.74) is 6.82. The highest BCUT2D eigenvalue weighted by Gasteiger charge is 2.35. The first-order valence-electron chi connectivity index (χ1n) is 6.11. The summed E-state index contributed by atoms with van der Waals surface area (Å²) >= 11 is 0. The van der Waals surface area contributed by atoms with Gasteiger partial charge in [0.05, 0.1) is 5.30 Å². The molecule has 1 unspecified atom stereocenters. The lowest BCUT2D eigenvalue weighted by Gasteiger charge is -2.28. The molecule has 1 atom stereocenters. The molecular weight excluding hydrogens is 275 g/mol. The van der Waals surface area contributed by atoms with Crippen LogP contribution in [-0.4, -0.2) is 12.3 Å². The van der Waals surface area contributed by atoms with Crippen molar-refractivity contribution in [2.24, 2.45) is 5.73 Å². The molecule has 5 nitrogen and oxygen atoms in total. The van der Waals surface area contributed by atoms with Crippen LogP contribution in [0.1, 0.15) is 0 Å². The number of hydrogen-bond donors (Lipinski definition) is 2. The van der Waals surface area contributed by atoms with Gasteiger partial charge in [0.1, 0.15) is 12.0 Å². The Morgan fingerprint density at radius 1 is 1.10 bits per heavy atom. The number of fused-ring (bicyclic) bond motifs is 3. The van der Waals surface area contributed by atoms with Gasteiger partial charge < -0.3 is 15.6 Å². The molecule has 3 rings (SSSR count). The lowest BCUT2D eigenvalue weighted by Crippen LogP contribution is -2.34. The average molecular weight is 288 g/mol. The molecule has 0 radical (unpaired) electrons. The van der Waals surface area contributed by atoms with E-state index in [-0.39, 0.29) is 6.29 Å². The Hall–Kier alpha value is -2.26. The van der Waals surface area contributed by atoms with Gasteiger partial charge in [-0.15, -0.1) is 0 Å². The van der Waals surface area contributed by atoms with E-state index >= 15 is 0 Å². The van der Waals surface area contributed by atoms with Crippen molar-refractivity contribution in [3.8, 4) is 16.9 Å². The van der Waals surface area contributed by atoms with Crippen LogP contribution in [0.3, 0.4) is 0 Å². The third-order valence-corrected chi connectivity index (χ3v) is 5.35. The Labute approximate surface area is 116 Å². The minimum Gasteiger partial charge on any atom is -0.438 e. The number of nitrogens with one attached hydrogen (secondary N) is 1. The number of nitrogens with two attached hydrogens (primary N) is 1. The number of rotatable bonds is 2. The Morgan fingerprint density at radius 3 is 2.50 bits per heavy atom. The summed E-state index contributed by atoms with van der Waals surface area (Å²) < 4.78 is 18.7. The first kappa shape index (κ1) is 12.8. The fourth-order valence-electron chi connectivity index (χ4n) is 2.27. The molecule has 0 saturated carbocycles. The maximum absolute atomic E-state index is 13.0. The maximum Gasteiger partial charge on any atom is 0.312 e. The van der Waals surface area contributed by atoms with Crippen molar-refractivity contribution in [3.63, 3.8) is 0 Å². The summed E-state index contributed by atoms with van der Waals surface area (Å²) in [5.74, 6) is 0.556. The van der Waals surface area contributed by atoms with E-state index in [0.29, 0.717) is 11.1 Å². The number of amides is 2. The zero-order valence-corrected chi connectivity index (χ0v) is 11.5. The van der Waals surface area contributed by atoms with Crippen molar-refractivity contribution in [2.45, 2.75) is 0 Å². The highest BCUT2D eigenvalue weighted by molar-refractivity contribution is 7.67. The zero-order chi connectivity index (χ0) is 14.2. The summed E-state index contributed by atoms with van der Waals surface area (Å²) in [6.07, 6.45) is -0.117. The molecule has 0 aliphatic carbocycles. The Kier molecular flexibility index (Phi) is 2.99. The van der Waals surface area contributed by atoms with Crippen LogP contribution in [0.5, 0.6) is 5.75 Å². The highest BCUT2D eigenvalue weighted by atomic mass is 31.2.